The van der Waals surface area contributed by atoms with E-state index in [1.165, 1.54) is 17.1 Å². The lowest BCUT2D eigenvalue weighted by Gasteiger charge is -2.13. The molecule has 0 bridgehead atoms. The first-order chi connectivity index (χ1) is 12.8. The Morgan fingerprint density at radius 2 is 1.33 bits per heavy atom. The molecular weight excluding hydrogens is 348 g/mol. The van der Waals surface area contributed by atoms with E-state index < -0.39 is 17.1 Å². The minimum atomic E-state index is -0.710. The summed E-state index contributed by atoms with van der Waals surface area (Å²) >= 11 is 0. The van der Waals surface area contributed by atoms with Crippen molar-refractivity contribution in [3.8, 4) is 0 Å². The number of hydrogen-bond acceptors (Lipinski definition) is 4. The number of amides is 1. The number of rotatable bonds is 7. The van der Waals surface area contributed by atoms with Gasteiger partial charge in [0.2, 0.25) is 0 Å². The topological polar surface area (TPSA) is 86.3 Å². The van der Waals surface area contributed by atoms with Crippen molar-refractivity contribution < 1.29 is 4.79 Å². The van der Waals surface area contributed by atoms with Gasteiger partial charge in [-0.3, -0.25) is 4.79 Å². The number of hydrogen-bond donors (Lipinski definition) is 0. The standard InChI is InChI=1S/C19H22N4O4/c1-5-11-21-17(25)22(12-6-2)19(27)23(18(21)26)13-14-7-9-15(10-8-14)16(24)20(3)4/h5-10H,1-2,11-13H2,3-4H3. The fourth-order valence-corrected chi connectivity index (χ4v) is 2.58. The third-order valence-electron chi connectivity index (χ3n) is 3.96. The van der Waals surface area contributed by atoms with Crippen molar-refractivity contribution in [3.05, 3.63) is 92.2 Å². The van der Waals surface area contributed by atoms with Gasteiger partial charge in [0, 0.05) is 19.7 Å². The molecule has 142 valence electrons. The minimum absolute atomic E-state index is 0.00857. The molecular formula is C19H22N4O4. The summed E-state index contributed by atoms with van der Waals surface area (Å²) in [6.07, 6.45) is 2.83. The maximum absolute atomic E-state index is 12.6. The third-order valence-corrected chi connectivity index (χ3v) is 3.96. The van der Waals surface area contributed by atoms with Crippen LogP contribution >= 0.6 is 0 Å². The second kappa shape index (κ2) is 8.31. The zero-order valence-electron chi connectivity index (χ0n) is 15.4. The Bertz CT molecular complexity index is 991. The van der Waals surface area contributed by atoms with Crippen LogP contribution in [0.1, 0.15) is 15.9 Å². The first-order valence-corrected chi connectivity index (χ1v) is 8.28. The molecule has 2 aromatic rings. The fourth-order valence-electron chi connectivity index (χ4n) is 2.58. The van der Waals surface area contributed by atoms with E-state index in [2.05, 4.69) is 13.2 Å². The highest BCUT2D eigenvalue weighted by Crippen LogP contribution is 2.07. The summed E-state index contributed by atoms with van der Waals surface area (Å²) in [5.74, 6) is -0.147. The molecule has 0 N–H and O–H groups in total. The van der Waals surface area contributed by atoms with Crippen LogP contribution in [0.25, 0.3) is 0 Å². The molecule has 0 unspecified atom stereocenters. The summed E-state index contributed by atoms with van der Waals surface area (Å²) in [5.41, 5.74) is -0.972. The van der Waals surface area contributed by atoms with Crippen molar-refractivity contribution in [3.63, 3.8) is 0 Å². The molecule has 0 aliphatic heterocycles. The van der Waals surface area contributed by atoms with Gasteiger partial charge in [0.15, 0.2) is 0 Å². The van der Waals surface area contributed by atoms with E-state index in [1.54, 1.807) is 38.4 Å². The van der Waals surface area contributed by atoms with Crippen LogP contribution in [0.2, 0.25) is 0 Å². The number of aromatic nitrogens is 3. The average molecular weight is 370 g/mol. The lowest BCUT2D eigenvalue weighted by atomic mass is 10.1. The molecule has 0 spiro atoms. The Morgan fingerprint density at radius 3 is 1.74 bits per heavy atom. The van der Waals surface area contributed by atoms with E-state index in [0.717, 1.165) is 13.7 Å². The number of nitrogens with zero attached hydrogens (tertiary/aromatic N) is 4. The number of carbonyl (C=O) groups is 1. The molecule has 2 rings (SSSR count). The molecule has 0 saturated heterocycles. The zero-order valence-corrected chi connectivity index (χ0v) is 15.4. The Labute approximate surface area is 155 Å². The Kier molecular flexibility index (Phi) is 6.12. The highest BCUT2D eigenvalue weighted by Gasteiger charge is 2.15. The maximum atomic E-state index is 12.6. The second-order valence-electron chi connectivity index (χ2n) is 6.13. The van der Waals surface area contributed by atoms with E-state index in [0.29, 0.717) is 11.1 Å². The largest absolute Gasteiger partial charge is 0.345 e. The highest BCUT2D eigenvalue weighted by molar-refractivity contribution is 5.93. The third kappa shape index (κ3) is 4.05. The first-order valence-electron chi connectivity index (χ1n) is 8.28. The van der Waals surface area contributed by atoms with E-state index in [4.69, 9.17) is 0 Å². The summed E-state index contributed by atoms with van der Waals surface area (Å²) in [6, 6.07) is 6.60. The number of carbonyl (C=O) groups excluding carboxylic acids is 1. The van der Waals surface area contributed by atoms with Crippen LogP contribution in [0.15, 0.2) is 64.0 Å². The normalized spacial score (nSPS) is 10.4. The monoisotopic (exact) mass is 370 g/mol. The number of benzene rings is 1. The molecule has 1 amide bonds. The van der Waals surface area contributed by atoms with Gasteiger partial charge in [-0.15, -0.1) is 13.2 Å². The molecule has 0 fully saturated rings. The highest BCUT2D eigenvalue weighted by atomic mass is 16.2. The van der Waals surface area contributed by atoms with Crippen LogP contribution in [0.5, 0.6) is 0 Å². The molecule has 1 aromatic heterocycles. The van der Waals surface area contributed by atoms with Crippen molar-refractivity contribution in [2.45, 2.75) is 19.6 Å². The van der Waals surface area contributed by atoms with Crippen LogP contribution in [-0.4, -0.2) is 38.6 Å². The summed E-state index contributed by atoms with van der Waals surface area (Å²) < 4.78 is 2.88. The molecule has 1 heterocycles. The SMILES string of the molecule is C=CCn1c(=O)n(CC=C)c(=O)n(Cc2ccc(C(=O)N(C)C)cc2)c1=O. The Hall–Kier alpha value is -3.42. The maximum Gasteiger partial charge on any atom is 0.336 e. The molecule has 8 nitrogen and oxygen atoms in total. The summed E-state index contributed by atoms with van der Waals surface area (Å²) in [6.45, 7) is 7.04. The van der Waals surface area contributed by atoms with Gasteiger partial charge in [-0.05, 0) is 17.7 Å². The van der Waals surface area contributed by atoms with E-state index in [9.17, 15) is 19.2 Å². The summed E-state index contributed by atoms with van der Waals surface area (Å²) in [5, 5.41) is 0. The predicted octanol–water partition coefficient (Wildman–Crippen LogP) is 0.294. The number of allylic oxidation sites excluding steroid dienone is 2. The second-order valence-corrected chi connectivity index (χ2v) is 6.13. The van der Waals surface area contributed by atoms with E-state index in [1.807, 2.05) is 0 Å². The van der Waals surface area contributed by atoms with Crippen molar-refractivity contribution in [2.24, 2.45) is 0 Å². The van der Waals surface area contributed by atoms with E-state index >= 15 is 0 Å². The predicted molar refractivity (Wildman–Crippen MR) is 103 cm³/mol. The van der Waals surface area contributed by atoms with Crippen molar-refractivity contribution in [1.82, 2.24) is 18.6 Å². The van der Waals surface area contributed by atoms with Gasteiger partial charge in [-0.2, -0.15) is 0 Å². The fraction of sp³-hybridized carbons (Fsp3) is 0.263. The quantitative estimate of drug-likeness (QED) is 0.656. The minimum Gasteiger partial charge on any atom is -0.345 e. The summed E-state index contributed by atoms with van der Waals surface area (Å²) in [7, 11) is 3.31. The first kappa shape index (κ1) is 19.9. The molecule has 0 radical (unpaired) electrons. The molecule has 27 heavy (non-hydrogen) atoms. The average Bonchev–Trinajstić information content (AvgIpc) is 2.65. The van der Waals surface area contributed by atoms with Gasteiger partial charge >= 0.3 is 17.1 Å². The van der Waals surface area contributed by atoms with Gasteiger partial charge < -0.3 is 4.90 Å². The molecule has 0 atom stereocenters. The summed E-state index contributed by atoms with van der Waals surface area (Å²) in [4.78, 5) is 51.0. The van der Waals surface area contributed by atoms with Crippen LogP contribution in [0.4, 0.5) is 0 Å². The van der Waals surface area contributed by atoms with Gasteiger partial charge in [-0.25, -0.2) is 28.1 Å². The Balaban J connectivity index is 2.52. The zero-order chi connectivity index (χ0) is 20.1. The van der Waals surface area contributed by atoms with Gasteiger partial charge in [-0.1, -0.05) is 24.3 Å². The lowest BCUT2D eigenvalue weighted by Crippen LogP contribution is -2.54. The molecule has 1 aromatic carbocycles. The van der Waals surface area contributed by atoms with Crippen molar-refractivity contribution >= 4 is 5.91 Å². The lowest BCUT2D eigenvalue weighted by molar-refractivity contribution is 0.0827. The van der Waals surface area contributed by atoms with Gasteiger partial charge in [0.05, 0.1) is 19.6 Å². The van der Waals surface area contributed by atoms with E-state index in [-0.39, 0.29) is 25.5 Å². The van der Waals surface area contributed by atoms with Crippen molar-refractivity contribution in [1.29, 1.82) is 0 Å². The van der Waals surface area contributed by atoms with Crippen LogP contribution < -0.4 is 17.1 Å². The van der Waals surface area contributed by atoms with Crippen LogP contribution in [0, 0.1) is 0 Å². The smallest absolute Gasteiger partial charge is 0.336 e. The Morgan fingerprint density at radius 1 is 0.889 bits per heavy atom. The van der Waals surface area contributed by atoms with Gasteiger partial charge in [0.25, 0.3) is 5.91 Å². The van der Waals surface area contributed by atoms with Crippen LogP contribution in [-0.2, 0) is 19.6 Å². The molecule has 0 aliphatic rings. The van der Waals surface area contributed by atoms with Crippen LogP contribution in [0.3, 0.4) is 0 Å². The van der Waals surface area contributed by atoms with Crippen molar-refractivity contribution in [2.75, 3.05) is 14.1 Å². The molecule has 8 heteroatoms. The molecule has 0 saturated carbocycles. The van der Waals surface area contributed by atoms with Gasteiger partial charge in [0.1, 0.15) is 0 Å². The molecule has 0 aliphatic carbocycles.